The van der Waals surface area contributed by atoms with Crippen LogP contribution in [-0.2, 0) is 14.8 Å². The summed E-state index contributed by atoms with van der Waals surface area (Å²) in [4.78, 5) is 23.3. The van der Waals surface area contributed by atoms with E-state index < -0.39 is 27.5 Å². The van der Waals surface area contributed by atoms with Gasteiger partial charge in [-0.15, -0.1) is 0 Å². The molecule has 3 aliphatic rings. The summed E-state index contributed by atoms with van der Waals surface area (Å²) < 4.78 is 26.6. The van der Waals surface area contributed by atoms with Gasteiger partial charge in [-0.1, -0.05) is 12.8 Å². The Hall–Kier alpha value is -1.15. The Kier molecular flexibility index (Phi) is 3.24. The Morgan fingerprint density at radius 2 is 1.85 bits per heavy atom. The molecular formula is C12H19N3O4S. The second kappa shape index (κ2) is 4.70. The third-order valence-corrected chi connectivity index (χ3v) is 6.90. The lowest BCUT2D eigenvalue weighted by molar-refractivity contribution is -0.125. The maximum absolute atomic E-state index is 12.6. The number of imide groups is 1. The van der Waals surface area contributed by atoms with Crippen LogP contribution in [0.2, 0.25) is 0 Å². The van der Waals surface area contributed by atoms with Crippen molar-refractivity contribution in [1.29, 1.82) is 0 Å². The summed E-state index contributed by atoms with van der Waals surface area (Å²) >= 11 is 0. The van der Waals surface area contributed by atoms with E-state index >= 15 is 0 Å². The van der Waals surface area contributed by atoms with Gasteiger partial charge in [-0.05, 0) is 25.7 Å². The number of nitrogens with one attached hydrogen (secondary N) is 2. The summed E-state index contributed by atoms with van der Waals surface area (Å²) in [6.45, 7) is 0.493. The summed E-state index contributed by atoms with van der Waals surface area (Å²) in [6, 6.07) is -0.532. The van der Waals surface area contributed by atoms with Crippen LogP contribution in [-0.4, -0.2) is 48.5 Å². The predicted octanol–water partition coefficient (Wildman–Crippen LogP) is -0.0672. The number of carbonyl (C=O) groups excluding carboxylic acids is 2. The molecule has 7 nitrogen and oxygen atoms in total. The molecule has 0 aromatic carbocycles. The molecule has 112 valence electrons. The summed E-state index contributed by atoms with van der Waals surface area (Å²) in [5.74, 6) is -0.408. The van der Waals surface area contributed by atoms with Crippen molar-refractivity contribution in [3.63, 3.8) is 0 Å². The first kappa shape index (κ1) is 13.8. The second-order valence-corrected chi connectivity index (χ2v) is 8.09. The van der Waals surface area contributed by atoms with E-state index in [4.69, 9.17) is 0 Å². The SMILES string of the molecule is O=C1NC(=O)C2(CCCN(S(=O)(=O)C3CCCC3)C2)N1. The highest BCUT2D eigenvalue weighted by atomic mass is 32.2. The van der Waals surface area contributed by atoms with Crippen LogP contribution in [0, 0.1) is 0 Å². The molecule has 1 aliphatic carbocycles. The standard InChI is InChI=1S/C12H19N3O4S/c16-10-12(14-11(17)13-10)6-3-7-15(8-12)20(18,19)9-4-1-2-5-9/h9H,1-8H2,(H2,13,14,16,17). The Morgan fingerprint density at radius 1 is 1.15 bits per heavy atom. The molecule has 1 atom stereocenters. The van der Waals surface area contributed by atoms with Crippen molar-refractivity contribution >= 4 is 22.0 Å². The van der Waals surface area contributed by atoms with Crippen molar-refractivity contribution in [3.05, 3.63) is 0 Å². The molecule has 2 aliphatic heterocycles. The molecule has 3 amide bonds. The van der Waals surface area contributed by atoms with Crippen LogP contribution >= 0.6 is 0 Å². The molecule has 2 saturated heterocycles. The number of carbonyl (C=O) groups is 2. The third-order valence-electron chi connectivity index (χ3n) is 4.56. The number of piperidine rings is 1. The summed E-state index contributed by atoms with van der Waals surface area (Å²) in [7, 11) is -3.36. The highest BCUT2D eigenvalue weighted by Crippen LogP contribution is 2.32. The van der Waals surface area contributed by atoms with E-state index in [-0.39, 0.29) is 11.8 Å². The van der Waals surface area contributed by atoms with Crippen LogP contribution in [0.4, 0.5) is 4.79 Å². The third kappa shape index (κ3) is 2.10. The number of sulfonamides is 1. The van der Waals surface area contributed by atoms with E-state index in [2.05, 4.69) is 10.6 Å². The molecular weight excluding hydrogens is 282 g/mol. The highest BCUT2D eigenvalue weighted by Gasteiger charge is 2.51. The molecule has 1 spiro atoms. The van der Waals surface area contributed by atoms with Gasteiger partial charge in [0.05, 0.1) is 5.25 Å². The molecule has 2 N–H and O–H groups in total. The number of hydrogen-bond acceptors (Lipinski definition) is 4. The number of amides is 3. The quantitative estimate of drug-likeness (QED) is 0.698. The number of urea groups is 1. The zero-order valence-electron chi connectivity index (χ0n) is 11.2. The molecule has 1 saturated carbocycles. The minimum Gasteiger partial charge on any atom is -0.322 e. The Labute approximate surface area is 118 Å². The Morgan fingerprint density at radius 3 is 2.45 bits per heavy atom. The molecule has 3 rings (SSSR count). The lowest BCUT2D eigenvalue weighted by atomic mass is 9.90. The fourth-order valence-electron chi connectivity index (χ4n) is 3.45. The van der Waals surface area contributed by atoms with E-state index in [1.807, 2.05) is 0 Å². The summed E-state index contributed by atoms with van der Waals surface area (Å²) in [6.07, 6.45) is 4.36. The number of hydrogen-bond donors (Lipinski definition) is 2. The molecule has 1 unspecified atom stereocenters. The van der Waals surface area contributed by atoms with Crippen molar-refractivity contribution in [2.45, 2.75) is 49.3 Å². The lowest BCUT2D eigenvalue weighted by Gasteiger charge is -2.38. The van der Waals surface area contributed by atoms with Gasteiger partial charge >= 0.3 is 6.03 Å². The predicted molar refractivity (Wildman–Crippen MR) is 71.4 cm³/mol. The van der Waals surface area contributed by atoms with Crippen molar-refractivity contribution in [1.82, 2.24) is 14.9 Å². The van der Waals surface area contributed by atoms with Gasteiger partial charge in [0.25, 0.3) is 5.91 Å². The first-order chi connectivity index (χ1) is 9.44. The van der Waals surface area contributed by atoms with Crippen LogP contribution in [0.1, 0.15) is 38.5 Å². The maximum Gasteiger partial charge on any atom is 0.322 e. The Bertz CT molecular complexity index is 541. The van der Waals surface area contributed by atoms with Crippen molar-refractivity contribution in [3.8, 4) is 0 Å². The van der Waals surface area contributed by atoms with Crippen LogP contribution in [0.25, 0.3) is 0 Å². The lowest BCUT2D eigenvalue weighted by Crippen LogP contribution is -2.60. The van der Waals surface area contributed by atoms with Gasteiger partial charge in [-0.2, -0.15) is 4.31 Å². The van der Waals surface area contributed by atoms with Gasteiger partial charge in [0.15, 0.2) is 0 Å². The zero-order valence-corrected chi connectivity index (χ0v) is 12.0. The maximum atomic E-state index is 12.6. The first-order valence-corrected chi connectivity index (χ1v) is 8.57. The van der Waals surface area contributed by atoms with E-state index in [0.717, 1.165) is 12.8 Å². The number of rotatable bonds is 2. The van der Waals surface area contributed by atoms with Gasteiger partial charge < -0.3 is 5.32 Å². The van der Waals surface area contributed by atoms with Crippen molar-refractivity contribution < 1.29 is 18.0 Å². The second-order valence-electron chi connectivity index (χ2n) is 5.88. The first-order valence-electron chi connectivity index (χ1n) is 7.07. The van der Waals surface area contributed by atoms with Crippen molar-refractivity contribution in [2.75, 3.05) is 13.1 Å². The molecule has 0 radical (unpaired) electrons. The highest BCUT2D eigenvalue weighted by molar-refractivity contribution is 7.89. The van der Waals surface area contributed by atoms with E-state index in [1.165, 1.54) is 4.31 Å². The fourth-order valence-corrected chi connectivity index (χ4v) is 5.58. The van der Waals surface area contributed by atoms with Gasteiger partial charge in [0.2, 0.25) is 10.0 Å². The Balaban J connectivity index is 1.82. The smallest absolute Gasteiger partial charge is 0.322 e. The fraction of sp³-hybridized carbons (Fsp3) is 0.833. The molecule has 3 fully saturated rings. The van der Waals surface area contributed by atoms with E-state index in [1.54, 1.807) is 0 Å². The van der Waals surface area contributed by atoms with E-state index in [0.29, 0.717) is 32.2 Å². The molecule has 0 aromatic heterocycles. The van der Waals surface area contributed by atoms with Crippen LogP contribution in [0.5, 0.6) is 0 Å². The van der Waals surface area contributed by atoms with Crippen LogP contribution < -0.4 is 10.6 Å². The van der Waals surface area contributed by atoms with Gasteiger partial charge in [0, 0.05) is 13.1 Å². The molecule has 2 heterocycles. The summed E-state index contributed by atoms with van der Waals surface area (Å²) in [5, 5.41) is 4.49. The topological polar surface area (TPSA) is 95.6 Å². The molecule has 0 bridgehead atoms. The summed E-state index contributed by atoms with van der Waals surface area (Å²) in [5.41, 5.74) is -1.07. The largest absolute Gasteiger partial charge is 0.322 e. The van der Waals surface area contributed by atoms with Crippen LogP contribution in [0.3, 0.4) is 0 Å². The van der Waals surface area contributed by atoms with E-state index in [9.17, 15) is 18.0 Å². The zero-order chi connectivity index (χ0) is 14.4. The van der Waals surface area contributed by atoms with Gasteiger partial charge in [0.1, 0.15) is 5.54 Å². The number of nitrogens with zero attached hydrogens (tertiary/aromatic N) is 1. The monoisotopic (exact) mass is 301 g/mol. The van der Waals surface area contributed by atoms with Crippen LogP contribution in [0.15, 0.2) is 0 Å². The minimum atomic E-state index is -3.36. The molecule has 0 aromatic rings. The average Bonchev–Trinajstić information content (AvgIpc) is 3.00. The average molecular weight is 301 g/mol. The minimum absolute atomic E-state index is 0.0589. The van der Waals surface area contributed by atoms with Crippen molar-refractivity contribution in [2.24, 2.45) is 0 Å². The normalized spacial score (nSPS) is 32.6. The van der Waals surface area contributed by atoms with Gasteiger partial charge in [-0.25, -0.2) is 13.2 Å². The van der Waals surface area contributed by atoms with Gasteiger partial charge in [-0.3, -0.25) is 10.1 Å². The molecule has 8 heteroatoms. The molecule has 20 heavy (non-hydrogen) atoms.